The monoisotopic (exact) mass is 525 g/mol. The Kier molecular flexibility index (Phi) is 5.74. The van der Waals surface area contributed by atoms with Gasteiger partial charge in [0.2, 0.25) is 5.91 Å². The highest BCUT2D eigenvalue weighted by Crippen LogP contribution is 2.47. The SMILES string of the molecule is C[C@@H]1CN(c2ccc3nc(-c4cnc(C(F)F)c5cnc(NC(=O)[C@H]6C[C@@]6(C)F)cc45)nn3c2)C[C@H](C)O1. The molecule has 12 heteroatoms. The van der Waals surface area contributed by atoms with Gasteiger partial charge in [0.05, 0.1) is 30.0 Å². The van der Waals surface area contributed by atoms with Crippen LogP contribution in [0.4, 0.5) is 24.7 Å². The molecule has 1 amide bonds. The van der Waals surface area contributed by atoms with Gasteiger partial charge in [-0.15, -0.1) is 5.10 Å². The van der Waals surface area contributed by atoms with E-state index in [1.54, 1.807) is 4.52 Å². The Bertz CT molecular complexity index is 1550. The summed E-state index contributed by atoms with van der Waals surface area (Å²) < 4.78 is 48.9. The van der Waals surface area contributed by atoms with Gasteiger partial charge in [-0.05, 0) is 45.4 Å². The van der Waals surface area contributed by atoms with Crippen molar-refractivity contribution in [1.82, 2.24) is 24.6 Å². The molecule has 198 valence electrons. The van der Waals surface area contributed by atoms with E-state index < -0.39 is 29.6 Å². The van der Waals surface area contributed by atoms with Crippen molar-refractivity contribution in [3.8, 4) is 11.4 Å². The lowest BCUT2D eigenvalue weighted by molar-refractivity contribution is -0.118. The third-order valence-electron chi connectivity index (χ3n) is 7.09. The number of rotatable bonds is 5. The second kappa shape index (κ2) is 8.90. The summed E-state index contributed by atoms with van der Waals surface area (Å²) >= 11 is 0. The van der Waals surface area contributed by atoms with E-state index in [2.05, 4.69) is 30.3 Å². The molecule has 4 aromatic heterocycles. The van der Waals surface area contributed by atoms with Gasteiger partial charge in [-0.1, -0.05) is 0 Å². The van der Waals surface area contributed by atoms with E-state index in [-0.39, 0.29) is 35.7 Å². The minimum Gasteiger partial charge on any atom is -0.372 e. The maximum absolute atomic E-state index is 14.0. The number of morpholine rings is 1. The maximum atomic E-state index is 14.0. The Morgan fingerprint density at radius 3 is 2.58 bits per heavy atom. The van der Waals surface area contributed by atoms with Crippen molar-refractivity contribution in [2.24, 2.45) is 5.92 Å². The summed E-state index contributed by atoms with van der Waals surface area (Å²) in [6, 6.07) is 5.28. The van der Waals surface area contributed by atoms with Gasteiger partial charge in [0, 0.05) is 41.8 Å². The molecule has 5 heterocycles. The standard InChI is InChI=1S/C26H26F3N7O2/c1-13-10-35(11-14(2)38-13)15-4-5-21-33-24(34-36(21)12-15)18-9-31-22(23(27)28)17-8-30-20(6-16(17)18)32-25(37)19-7-26(19,3)29/h4-6,8-9,12-14,19,23H,7,10-11H2,1-3H3,(H,30,32,37)/t13-,14+,19-,26-/m1/s1. The Morgan fingerprint density at radius 1 is 1.16 bits per heavy atom. The van der Waals surface area contributed by atoms with Crippen molar-refractivity contribution in [1.29, 1.82) is 0 Å². The zero-order valence-electron chi connectivity index (χ0n) is 21.0. The van der Waals surface area contributed by atoms with Gasteiger partial charge in [0.1, 0.15) is 17.2 Å². The fourth-order valence-corrected chi connectivity index (χ4v) is 5.06. The lowest BCUT2D eigenvalue weighted by atomic mass is 10.1. The number of carbonyl (C=O) groups is 1. The molecule has 9 nitrogen and oxygen atoms in total. The molecule has 0 aromatic carbocycles. The number of nitrogens with one attached hydrogen (secondary N) is 1. The number of hydrogen-bond donors (Lipinski definition) is 1. The van der Waals surface area contributed by atoms with Crippen LogP contribution in [0, 0.1) is 5.92 Å². The number of hydrogen-bond acceptors (Lipinski definition) is 7. The van der Waals surface area contributed by atoms with Crippen LogP contribution in [0.2, 0.25) is 0 Å². The van der Waals surface area contributed by atoms with Crippen LogP contribution in [0.3, 0.4) is 0 Å². The third kappa shape index (κ3) is 4.42. The number of amides is 1. The van der Waals surface area contributed by atoms with E-state index >= 15 is 0 Å². The summed E-state index contributed by atoms with van der Waals surface area (Å²) in [5.41, 5.74) is -0.0452. The number of anilines is 2. The fraction of sp³-hybridized carbons (Fsp3) is 0.423. The van der Waals surface area contributed by atoms with Gasteiger partial charge in [-0.25, -0.2) is 27.7 Å². The first-order valence-electron chi connectivity index (χ1n) is 12.4. The summed E-state index contributed by atoms with van der Waals surface area (Å²) in [6.07, 6.45) is 1.89. The van der Waals surface area contributed by atoms with E-state index in [9.17, 15) is 18.0 Å². The maximum Gasteiger partial charge on any atom is 0.281 e. The Balaban J connectivity index is 1.39. The summed E-state index contributed by atoms with van der Waals surface area (Å²) in [4.78, 5) is 27.3. The third-order valence-corrected chi connectivity index (χ3v) is 7.09. The predicted octanol–water partition coefficient (Wildman–Crippen LogP) is 4.58. The Labute approximate surface area is 216 Å². The molecule has 2 fully saturated rings. The summed E-state index contributed by atoms with van der Waals surface area (Å²) in [6.45, 7) is 6.91. The topological polar surface area (TPSA) is 97.5 Å². The minimum absolute atomic E-state index is 0.0911. The molecule has 1 aliphatic carbocycles. The zero-order valence-corrected chi connectivity index (χ0v) is 21.0. The van der Waals surface area contributed by atoms with E-state index in [0.717, 1.165) is 18.8 Å². The van der Waals surface area contributed by atoms with E-state index in [1.807, 2.05) is 32.2 Å². The molecule has 1 saturated heterocycles. The molecule has 4 aromatic rings. The minimum atomic E-state index is -2.83. The quantitative estimate of drug-likeness (QED) is 0.407. The van der Waals surface area contributed by atoms with E-state index in [1.165, 1.54) is 25.4 Å². The highest BCUT2D eigenvalue weighted by Gasteiger charge is 2.55. The van der Waals surface area contributed by atoms with Crippen molar-refractivity contribution >= 4 is 33.8 Å². The van der Waals surface area contributed by atoms with Crippen LogP contribution in [0.15, 0.2) is 36.8 Å². The molecule has 1 N–H and O–H groups in total. The number of aromatic nitrogens is 5. The van der Waals surface area contributed by atoms with E-state index in [4.69, 9.17) is 4.74 Å². The number of carbonyl (C=O) groups excluding carboxylic acids is 1. The number of alkyl halides is 3. The molecule has 2 aliphatic rings. The molecule has 1 aliphatic heterocycles. The Morgan fingerprint density at radius 2 is 1.89 bits per heavy atom. The lowest BCUT2D eigenvalue weighted by Crippen LogP contribution is -2.45. The molecule has 1 saturated carbocycles. The predicted molar refractivity (Wildman–Crippen MR) is 135 cm³/mol. The van der Waals surface area contributed by atoms with Crippen molar-refractivity contribution < 1.29 is 22.7 Å². The van der Waals surface area contributed by atoms with Gasteiger partial charge < -0.3 is 15.0 Å². The molecule has 0 spiro atoms. The number of fused-ring (bicyclic) bond motifs is 2. The highest BCUT2D eigenvalue weighted by molar-refractivity contribution is 6.00. The first kappa shape index (κ1) is 24.5. The number of halogens is 3. The number of ether oxygens (including phenoxy) is 1. The lowest BCUT2D eigenvalue weighted by Gasteiger charge is -2.36. The van der Waals surface area contributed by atoms with Crippen molar-refractivity contribution in [2.45, 2.75) is 51.5 Å². The van der Waals surface area contributed by atoms with Crippen molar-refractivity contribution in [2.75, 3.05) is 23.3 Å². The molecule has 6 rings (SSSR count). The van der Waals surface area contributed by atoms with Gasteiger partial charge in [-0.3, -0.25) is 9.78 Å². The first-order valence-corrected chi connectivity index (χ1v) is 12.4. The summed E-state index contributed by atoms with van der Waals surface area (Å²) in [5, 5.41) is 7.68. The van der Waals surface area contributed by atoms with E-state index in [0.29, 0.717) is 16.6 Å². The molecule has 38 heavy (non-hydrogen) atoms. The largest absolute Gasteiger partial charge is 0.372 e. The average molecular weight is 526 g/mol. The molecular weight excluding hydrogens is 499 g/mol. The van der Waals surface area contributed by atoms with Gasteiger partial charge >= 0.3 is 0 Å². The van der Waals surface area contributed by atoms with Gasteiger partial charge in [-0.2, -0.15) is 0 Å². The molecule has 0 radical (unpaired) electrons. The second-order valence-corrected chi connectivity index (χ2v) is 10.3. The van der Waals surface area contributed by atoms with Crippen LogP contribution >= 0.6 is 0 Å². The van der Waals surface area contributed by atoms with Crippen molar-refractivity contribution in [3.05, 3.63) is 42.5 Å². The summed E-state index contributed by atoms with van der Waals surface area (Å²) in [5.74, 6) is -0.859. The van der Waals surface area contributed by atoms with Gasteiger partial charge in [0.15, 0.2) is 11.5 Å². The number of pyridine rings is 3. The van der Waals surface area contributed by atoms with Gasteiger partial charge in [0.25, 0.3) is 6.43 Å². The van der Waals surface area contributed by atoms with Crippen LogP contribution in [-0.4, -0.2) is 61.4 Å². The molecule has 0 bridgehead atoms. The van der Waals surface area contributed by atoms with Crippen LogP contribution < -0.4 is 10.2 Å². The second-order valence-electron chi connectivity index (χ2n) is 10.3. The van der Waals surface area contributed by atoms with Crippen LogP contribution in [0.5, 0.6) is 0 Å². The van der Waals surface area contributed by atoms with Crippen molar-refractivity contribution in [3.63, 3.8) is 0 Å². The molecular formula is C26H26F3N7O2. The normalized spacial score (nSPS) is 25.3. The summed E-state index contributed by atoms with van der Waals surface area (Å²) in [7, 11) is 0. The molecule has 0 unspecified atom stereocenters. The van der Waals surface area contributed by atoms with Crippen LogP contribution in [-0.2, 0) is 9.53 Å². The van der Waals surface area contributed by atoms with Crippen LogP contribution in [0.25, 0.3) is 27.8 Å². The average Bonchev–Trinajstić information content (AvgIpc) is 3.30. The first-order chi connectivity index (χ1) is 18.1. The highest BCUT2D eigenvalue weighted by atomic mass is 19.3. The fourth-order valence-electron chi connectivity index (χ4n) is 5.06. The number of nitrogens with zero attached hydrogens (tertiary/aromatic N) is 6. The van der Waals surface area contributed by atoms with Crippen LogP contribution in [0.1, 0.15) is 39.3 Å². The zero-order chi connectivity index (χ0) is 26.8. The smallest absolute Gasteiger partial charge is 0.281 e. The molecule has 4 atom stereocenters. The Hall–Kier alpha value is -3.80.